The highest BCUT2D eigenvalue weighted by atomic mass is 16.5. The van der Waals surface area contributed by atoms with E-state index in [9.17, 15) is 14.7 Å². The zero-order chi connectivity index (χ0) is 15.4. The van der Waals surface area contributed by atoms with Gasteiger partial charge < -0.3 is 14.6 Å². The van der Waals surface area contributed by atoms with Crippen molar-refractivity contribution in [3.63, 3.8) is 0 Å². The van der Waals surface area contributed by atoms with Gasteiger partial charge in [-0.15, -0.1) is 0 Å². The lowest BCUT2D eigenvalue weighted by Gasteiger charge is -2.15. The zero-order valence-corrected chi connectivity index (χ0v) is 11.8. The highest BCUT2D eigenvalue weighted by molar-refractivity contribution is 6.17. The molecule has 0 aliphatic heterocycles. The molecule has 0 amide bonds. The fraction of sp³-hybridized carbons (Fsp3) is 0.250. The highest BCUT2D eigenvalue weighted by Gasteiger charge is 2.21. The summed E-state index contributed by atoms with van der Waals surface area (Å²) < 4.78 is 10.3. The Morgan fingerprint density at radius 3 is 2.48 bits per heavy atom. The molecular formula is C16H16O5. The maximum absolute atomic E-state index is 11.7. The summed E-state index contributed by atoms with van der Waals surface area (Å²) in [7, 11) is 3.06. The van der Waals surface area contributed by atoms with Crippen LogP contribution in [0, 0.1) is 0 Å². The maximum Gasteiger partial charge on any atom is 0.184 e. The molecule has 0 spiro atoms. The SMILES string of the molecule is COc1ccc(CC(O)C2=CC(=O)C=CC2=O)cc1OC. The largest absolute Gasteiger partial charge is 0.493 e. The van der Waals surface area contributed by atoms with Crippen molar-refractivity contribution in [1.82, 2.24) is 0 Å². The number of ketones is 2. The lowest BCUT2D eigenvalue weighted by molar-refractivity contribution is -0.115. The van der Waals surface area contributed by atoms with Crippen molar-refractivity contribution in [3.05, 3.63) is 47.6 Å². The number of benzene rings is 1. The van der Waals surface area contributed by atoms with Gasteiger partial charge in [-0.2, -0.15) is 0 Å². The first-order chi connectivity index (χ1) is 10.0. The van der Waals surface area contributed by atoms with Crippen LogP contribution in [0.3, 0.4) is 0 Å². The Bertz CT molecular complexity index is 628. The van der Waals surface area contributed by atoms with E-state index in [4.69, 9.17) is 9.47 Å². The quantitative estimate of drug-likeness (QED) is 0.825. The summed E-state index contributed by atoms with van der Waals surface area (Å²) in [6, 6.07) is 5.23. The summed E-state index contributed by atoms with van der Waals surface area (Å²) in [5.74, 6) is 0.488. The first-order valence-corrected chi connectivity index (χ1v) is 6.42. The van der Waals surface area contributed by atoms with Crippen LogP contribution in [-0.2, 0) is 16.0 Å². The Morgan fingerprint density at radius 1 is 1.10 bits per heavy atom. The summed E-state index contributed by atoms with van der Waals surface area (Å²) in [5, 5.41) is 10.2. The van der Waals surface area contributed by atoms with Crippen LogP contribution in [0.4, 0.5) is 0 Å². The van der Waals surface area contributed by atoms with Crippen molar-refractivity contribution in [2.75, 3.05) is 14.2 Å². The van der Waals surface area contributed by atoms with E-state index in [1.165, 1.54) is 32.4 Å². The molecule has 1 aliphatic carbocycles. The molecule has 1 aromatic carbocycles. The summed E-state index contributed by atoms with van der Waals surface area (Å²) in [6.45, 7) is 0. The Kier molecular flexibility index (Phi) is 4.55. The highest BCUT2D eigenvalue weighted by Crippen LogP contribution is 2.28. The minimum absolute atomic E-state index is 0.109. The summed E-state index contributed by atoms with van der Waals surface area (Å²) in [6.07, 6.45) is 2.71. The maximum atomic E-state index is 11.7. The van der Waals surface area contributed by atoms with Crippen LogP contribution in [0.25, 0.3) is 0 Å². The van der Waals surface area contributed by atoms with Crippen LogP contribution >= 0.6 is 0 Å². The summed E-state index contributed by atoms with van der Waals surface area (Å²) >= 11 is 0. The lowest BCUT2D eigenvalue weighted by Crippen LogP contribution is -2.22. The zero-order valence-electron chi connectivity index (χ0n) is 11.8. The first-order valence-electron chi connectivity index (χ1n) is 6.42. The molecule has 21 heavy (non-hydrogen) atoms. The van der Waals surface area contributed by atoms with Crippen LogP contribution in [0.1, 0.15) is 5.56 Å². The van der Waals surface area contributed by atoms with E-state index in [1.54, 1.807) is 18.2 Å². The third-order valence-corrected chi connectivity index (χ3v) is 3.22. The lowest BCUT2D eigenvalue weighted by atomic mass is 9.94. The van der Waals surface area contributed by atoms with Gasteiger partial charge in [0.1, 0.15) is 0 Å². The molecule has 1 unspecified atom stereocenters. The summed E-state index contributed by atoms with van der Waals surface area (Å²) in [5.41, 5.74) is 0.883. The monoisotopic (exact) mass is 288 g/mol. The number of allylic oxidation sites excluding steroid dienone is 3. The predicted molar refractivity (Wildman–Crippen MR) is 76.5 cm³/mol. The van der Waals surface area contributed by atoms with Gasteiger partial charge in [0.05, 0.1) is 20.3 Å². The van der Waals surface area contributed by atoms with Crippen LogP contribution < -0.4 is 9.47 Å². The topological polar surface area (TPSA) is 72.8 Å². The molecule has 0 fully saturated rings. The number of aliphatic hydroxyl groups is 1. The van der Waals surface area contributed by atoms with E-state index < -0.39 is 6.10 Å². The molecule has 0 heterocycles. The molecule has 1 N–H and O–H groups in total. The number of aliphatic hydroxyl groups excluding tert-OH is 1. The van der Waals surface area contributed by atoms with Crippen LogP contribution in [0.15, 0.2) is 42.0 Å². The number of carbonyl (C=O) groups excluding carboxylic acids is 2. The average molecular weight is 288 g/mol. The van der Waals surface area contributed by atoms with E-state index in [-0.39, 0.29) is 23.6 Å². The Labute approximate surface area is 122 Å². The number of carbonyl (C=O) groups is 2. The third-order valence-electron chi connectivity index (χ3n) is 3.22. The van der Waals surface area contributed by atoms with E-state index in [2.05, 4.69) is 0 Å². The van der Waals surface area contributed by atoms with Crippen molar-refractivity contribution < 1.29 is 24.2 Å². The Hall–Kier alpha value is -2.40. The fourth-order valence-corrected chi connectivity index (χ4v) is 2.13. The normalized spacial score (nSPS) is 15.7. The predicted octanol–water partition coefficient (Wildman–Crippen LogP) is 1.24. The molecule has 1 aliphatic rings. The second-order valence-electron chi connectivity index (χ2n) is 4.61. The van der Waals surface area contributed by atoms with Gasteiger partial charge in [0.25, 0.3) is 0 Å². The molecule has 1 atom stereocenters. The first kappa shape index (κ1) is 15.0. The van der Waals surface area contributed by atoms with Crippen LogP contribution in [0.2, 0.25) is 0 Å². The van der Waals surface area contributed by atoms with Gasteiger partial charge in [-0.05, 0) is 35.9 Å². The number of hydrogen-bond donors (Lipinski definition) is 1. The number of ether oxygens (including phenoxy) is 2. The fourth-order valence-electron chi connectivity index (χ4n) is 2.13. The molecule has 0 bridgehead atoms. The molecule has 0 aromatic heterocycles. The minimum atomic E-state index is -1.04. The summed E-state index contributed by atoms with van der Waals surface area (Å²) in [4.78, 5) is 23.0. The molecule has 5 nitrogen and oxygen atoms in total. The van der Waals surface area contributed by atoms with Crippen molar-refractivity contribution in [3.8, 4) is 11.5 Å². The third kappa shape index (κ3) is 3.38. The van der Waals surface area contributed by atoms with Crippen molar-refractivity contribution in [2.24, 2.45) is 0 Å². The smallest absolute Gasteiger partial charge is 0.184 e. The average Bonchev–Trinajstić information content (AvgIpc) is 2.49. The number of rotatable bonds is 5. The van der Waals surface area contributed by atoms with Crippen molar-refractivity contribution in [1.29, 1.82) is 0 Å². The van der Waals surface area contributed by atoms with Crippen LogP contribution in [-0.4, -0.2) is 37.0 Å². The molecule has 1 aromatic rings. The van der Waals surface area contributed by atoms with Gasteiger partial charge in [0.15, 0.2) is 23.1 Å². The molecule has 2 rings (SSSR count). The van der Waals surface area contributed by atoms with E-state index >= 15 is 0 Å². The Balaban J connectivity index is 2.18. The van der Waals surface area contributed by atoms with Crippen molar-refractivity contribution >= 4 is 11.6 Å². The van der Waals surface area contributed by atoms with E-state index in [0.717, 1.165) is 5.56 Å². The van der Waals surface area contributed by atoms with Gasteiger partial charge in [-0.1, -0.05) is 6.07 Å². The Morgan fingerprint density at radius 2 is 1.81 bits per heavy atom. The molecule has 0 radical (unpaired) electrons. The number of methoxy groups -OCH3 is 2. The molecule has 0 saturated carbocycles. The van der Waals surface area contributed by atoms with E-state index in [1.807, 2.05) is 0 Å². The molecular weight excluding hydrogens is 272 g/mol. The number of hydrogen-bond acceptors (Lipinski definition) is 5. The second kappa shape index (κ2) is 6.37. The standard InChI is InChI=1S/C16H16O5/c1-20-15-6-3-10(8-16(15)21-2)7-14(19)12-9-11(17)4-5-13(12)18/h3-6,8-9,14,19H,7H2,1-2H3. The molecule has 5 heteroatoms. The van der Waals surface area contributed by atoms with E-state index in [0.29, 0.717) is 11.5 Å². The second-order valence-corrected chi connectivity index (χ2v) is 4.61. The molecule has 110 valence electrons. The van der Waals surface area contributed by atoms with Gasteiger partial charge in [-0.3, -0.25) is 9.59 Å². The minimum Gasteiger partial charge on any atom is -0.493 e. The van der Waals surface area contributed by atoms with Gasteiger partial charge in [0, 0.05) is 12.0 Å². The van der Waals surface area contributed by atoms with Gasteiger partial charge in [-0.25, -0.2) is 0 Å². The van der Waals surface area contributed by atoms with Gasteiger partial charge >= 0.3 is 0 Å². The van der Waals surface area contributed by atoms with Crippen LogP contribution in [0.5, 0.6) is 11.5 Å². The molecule has 0 saturated heterocycles. The van der Waals surface area contributed by atoms with Crippen molar-refractivity contribution in [2.45, 2.75) is 12.5 Å². The van der Waals surface area contributed by atoms with Gasteiger partial charge in [0.2, 0.25) is 0 Å².